The van der Waals surface area contributed by atoms with Crippen molar-refractivity contribution < 1.29 is 0 Å². The smallest absolute Gasteiger partial charge is 0.293 e. The van der Waals surface area contributed by atoms with Crippen molar-refractivity contribution >= 4 is 5.82 Å². The maximum Gasteiger partial charge on any atom is 0.293 e. The summed E-state index contributed by atoms with van der Waals surface area (Å²) in [7, 11) is 1.76. The van der Waals surface area contributed by atoms with E-state index in [1.54, 1.807) is 24.0 Å². The van der Waals surface area contributed by atoms with E-state index in [-0.39, 0.29) is 5.56 Å². The van der Waals surface area contributed by atoms with Gasteiger partial charge in [0.1, 0.15) is 0 Å². The van der Waals surface area contributed by atoms with Crippen LogP contribution in [0.2, 0.25) is 0 Å². The molecule has 0 saturated carbocycles. The molecule has 5 nitrogen and oxygen atoms in total. The largest absolute Gasteiger partial charge is 0.363 e. The van der Waals surface area contributed by atoms with Crippen molar-refractivity contribution in [2.75, 3.05) is 18.4 Å². The quantitative estimate of drug-likeness (QED) is 0.842. The first kappa shape index (κ1) is 11.7. The van der Waals surface area contributed by atoms with Crippen LogP contribution < -0.4 is 10.9 Å². The van der Waals surface area contributed by atoms with Gasteiger partial charge in [0.05, 0.1) is 0 Å². The van der Waals surface area contributed by atoms with Gasteiger partial charge in [0.15, 0.2) is 5.82 Å². The summed E-state index contributed by atoms with van der Waals surface area (Å²) in [5.41, 5.74) is -0.0358. The van der Waals surface area contributed by atoms with Gasteiger partial charge in [-0.1, -0.05) is 0 Å². The molecule has 18 heavy (non-hydrogen) atoms. The molecule has 3 rings (SSSR count). The number of piperidine rings is 1. The molecule has 0 radical (unpaired) electrons. The summed E-state index contributed by atoms with van der Waals surface area (Å²) < 4.78 is 1.57. The van der Waals surface area contributed by atoms with E-state index in [2.05, 4.69) is 15.2 Å². The van der Waals surface area contributed by atoms with Crippen molar-refractivity contribution in [3.63, 3.8) is 0 Å². The third-order valence-electron chi connectivity index (χ3n) is 4.18. The molecule has 0 bridgehead atoms. The Hall–Kier alpha value is -1.36. The van der Waals surface area contributed by atoms with Crippen LogP contribution in [0.4, 0.5) is 5.82 Å². The van der Waals surface area contributed by atoms with Gasteiger partial charge in [-0.15, -0.1) is 0 Å². The highest BCUT2D eigenvalue weighted by Crippen LogP contribution is 2.27. The van der Waals surface area contributed by atoms with Crippen molar-refractivity contribution in [3.8, 4) is 0 Å². The molecule has 2 unspecified atom stereocenters. The van der Waals surface area contributed by atoms with E-state index in [0.717, 1.165) is 19.4 Å². The minimum Gasteiger partial charge on any atom is -0.363 e. The van der Waals surface area contributed by atoms with Crippen LogP contribution in [0.15, 0.2) is 17.2 Å². The molecule has 0 amide bonds. The second-order valence-corrected chi connectivity index (χ2v) is 5.39. The maximum absolute atomic E-state index is 11.9. The second kappa shape index (κ2) is 4.72. The normalized spacial score (nSPS) is 28.1. The molecular weight excluding hydrogens is 228 g/mol. The maximum atomic E-state index is 11.9. The standard InChI is InChI=1S/C13H20N4O/c1-16-8-5-14-12(13(16)18)15-10-4-7-17-6-2-3-11(17)9-10/h5,8,10-11H,2-4,6-7,9H2,1H3,(H,14,15). The third kappa shape index (κ3) is 2.14. The number of anilines is 1. The Bertz CT molecular complexity index is 484. The molecule has 0 aliphatic carbocycles. The van der Waals surface area contributed by atoms with E-state index in [1.807, 2.05) is 0 Å². The average molecular weight is 248 g/mol. The molecule has 2 atom stereocenters. The van der Waals surface area contributed by atoms with E-state index in [4.69, 9.17) is 0 Å². The van der Waals surface area contributed by atoms with Gasteiger partial charge in [-0.3, -0.25) is 4.79 Å². The Kier molecular flexibility index (Phi) is 3.07. The Morgan fingerprint density at radius 2 is 2.28 bits per heavy atom. The van der Waals surface area contributed by atoms with Crippen LogP contribution in [-0.4, -0.2) is 39.6 Å². The molecule has 1 aromatic rings. The van der Waals surface area contributed by atoms with E-state index in [0.29, 0.717) is 17.9 Å². The van der Waals surface area contributed by atoms with Gasteiger partial charge in [-0.2, -0.15) is 0 Å². The minimum atomic E-state index is -0.0358. The van der Waals surface area contributed by atoms with Crippen LogP contribution >= 0.6 is 0 Å². The third-order valence-corrected chi connectivity index (χ3v) is 4.18. The summed E-state index contributed by atoms with van der Waals surface area (Å²) in [6, 6.07) is 1.11. The highest BCUT2D eigenvalue weighted by atomic mass is 16.1. The number of nitrogens with zero attached hydrogens (tertiary/aromatic N) is 3. The lowest BCUT2D eigenvalue weighted by atomic mass is 9.98. The van der Waals surface area contributed by atoms with Gasteiger partial charge in [0.25, 0.3) is 5.56 Å². The Morgan fingerprint density at radius 1 is 1.39 bits per heavy atom. The fourth-order valence-corrected chi connectivity index (χ4v) is 3.15. The summed E-state index contributed by atoms with van der Waals surface area (Å²) in [5.74, 6) is 0.497. The first-order valence-electron chi connectivity index (χ1n) is 6.76. The molecule has 2 aliphatic rings. The molecule has 2 aliphatic heterocycles. The molecule has 5 heteroatoms. The summed E-state index contributed by atoms with van der Waals surface area (Å²) in [6.45, 7) is 2.40. The zero-order valence-corrected chi connectivity index (χ0v) is 10.8. The Morgan fingerprint density at radius 3 is 3.17 bits per heavy atom. The van der Waals surface area contributed by atoms with Crippen molar-refractivity contribution in [2.45, 2.75) is 37.8 Å². The van der Waals surface area contributed by atoms with Crippen LogP contribution in [0.5, 0.6) is 0 Å². The SMILES string of the molecule is Cn1ccnc(NC2CCN3CCCC3C2)c1=O. The van der Waals surface area contributed by atoms with Gasteiger partial charge in [0.2, 0.25) is 0 Å². The lowest BCUT2D eigenvalue weighted by Crippen LogP contribution is -2.43. The van der Waals surface area contributed by atoms with Gasteiger partial charge in [-0.05, 0) is 32.2 Å². The Balaban J connectivity index is 1.70. The van der Waals surface area contributed by atoms with Gasteiger partial charge in [-0.25, -0.2) is 4.98 Å². The van der Waals surface area contributed by atoms with Crippen molar-refractivity contribution in [1.29, 1.82) is 0 Å². The van der Waals surface area contributed by atoms with Crippen molar-refractivity contribution in [1.82, 2.24) is 14.5 Å². The number of aryl methyl sites for hydroxylation is 1. The fraction of sp³-hybridized carbons (Fsp3) is 0.692. The topological polar surface area (TPSA) is 50.2 Å². The number of hydrogen-bond acceptors (Lipinski definition) is 4. The number of nitrogens with one attached hydrogen (secondary N) is 1. The molecule has 0 spiro atoms. The van der Waals surface area contributed by atoms with Crippen LogP contribution in [0.1, 0.15) is 25.7 Å². The summed E-state index contributed by atoms with van der Waals surface area (Å²) >= 11 is 0. The van der Waals surface area contributed by atoms with E-state index in [9.17, 15) is 4.79 Å². The van der Waals surface area contributed by atoms with Gasteiger partial charge in [0, 0.05) is 38.1 Å². The van der Waals surface area contributed by atoms with E-state index < -0.39 is 0 Å². The molecular formula is C13H20N4O. The molecule has 98 valence electrons. The van der Waals surface area contributed by atoms with E-state index in [1.165, 1.54) is 19.4 Å². The molecule has 1 N–H and O–H groups in total. The minimum absolute atomic E-state index is 0.0358. The number of aromatic nitrogens is 2. The first-order valence-corrected chi connectivity index (χ1v) is 6.76. The van der Waals surface area contributed by atoms with Crippen LogP contribution in [-0.2, 0) is 7.05 Å². The average Bonchev–Trinajstić information content (AvgIpc) is 2.82. The van der Waals surface area contributed by atoms with E-state index >= 15 is 0 Å². The van der Waals surface area contributed by atoms with Crippen LogP contribution in [0.25, 0.3) is 0 Å². The van der Waals surface area contributed by atoms with Crippen LogP contribution in [0, 0.1) is 0 Å². The predicted octanol–water partition coefficient (Wildman–Crippen LogP) is 0.819. The summed E-state index contributed by atoms with van der Waals surface area (Å²) in [5, 5.41) is 3.33. The molecule has 2 fully saturated rings. The molecule has 3 heterocycles. The lowest BCUT2D eigenvalue weighted by molar-refractivity contribution is 0.188. The molecule has 1 aromatic heterocycles. The Labute approximate surface area is 107 Å². The summed E-state index contributed by atoms with van der Waals surface area (Å²) in [6.07, 6.45) is 8.23. The molecule has 0 aromatic carbocycles. The highest BCUT2D eigenvalue weighted by molar-refractivity contribution is 5.32. The highest BCUT2D eigenvalue weighted by Gasteiger charge is 2.31. The molecule has 2 saturated heterocycles. The van der Waals surface area contributed by atoms with Crippen LogP contribution in [0.3, 0.4) is 0 Å². The number of fused-ring (bicyclic) bond motifs is 1. The zero-order chi connectivity index (χ0) is 12.5. The first-order chi connectivity index (χ1) is 8.74. The van der Waals surface area contributed by atoms with Crippen molar-refractivity contribution in [3.05, 3.63) is 22.7 Å². The second-order valence-electron chi connectivity index (χ2n) is 5.39. The summed E-state index contributed by atoms with van der Waals surface area (Å²) in [4.78, 5) is 18.6. The fourth-order valence-electron chi connectivity index (χ4n) is 3.15. The zero-order valence-electron chi connectivity index (χ0n) is 10.8. The lowest BCUT2D eigenvalue weighted by Gasteiger charge is -2.35. The van der Waals surface area contributed by atoms with Gasteiger partial charge >= 0.3 is 0 Å². The van der Waals surface area contributed by atoms with Crippen molar-refractivity contribution in [2.24, 2.45) is 7.05 Å². The number of hydrogen-bond donors (Lipinski definition) is 1. The van der Waals surface area contributed by atoms with Gasteiger partial charge < -0.3 is 14.8 Å². The number of rotatable bonds is 2. The predicted molar refractivity (Wildman–Crippen MR) is 70.7 cm³/mol. The monoisotopic (exact) mass is 248 g/mol.